The molecule has 0 aliphatic carbocycles. The van der Waals surface area contributed by atoms with Gasteiger partial charge in [-0.3, -0.25) is 4.79 Å². The van der Waals surface area contributed by atoms with Crippen LogP contribution < -0.4 is 0 Å². The van der Waals surface area contributed by atoms with Crippen LogP contribution in [0.2, 0.25) is 0 Å². The van der Waals surface area contributed by atoms with Gasteiger partial charge in [-0.2, -0.15) is 13.2 Å². The van der Waals surface area contributed by atoms with E-state index in [1.807, 2.05) is 13.8 Å². The molecule has 0 radical (unpaired) electrons. The number of aliphatic hydroxyl groups excluding tert-OH is 1. The molecule has 7 nitrogen and oxygen atoms in total. The molecule has 10 heteroatoms. The van der Waals surface area contributed by atoms with Crippen LogP contribution in [0.4, 0.5) is 13.2 Å². The molecular weight excluding hydrogens is 451 g/mol. The number of alkyl halides is 3. The Morgan fingerprint density at radius 2 is 1.91 bits per heavy atom. The van der Waals surface area contributed by atoms with Gasteiger partial charge in [0, 0.05) is 31.0 Å². The van der Waals surface area contributed by atoms with E-state index in [9.17, 15) is 23.1 Å². The molecule has 3 heterocycles. The van der Waals surface area contributed by atoms with E-state index in [1.54, 1.807) is 32.0 Å². The molecule has 0 unspecified atom stereocenters. The van der Waals surface area contributed by atoms with Crippen LogP contribution in [0.15, 0.2) is 40.0 Å². The maximum atomic E-state index is 14.3. The van der Waals surface area contributed by atoms with Gasteiger partial charge in [-0.1, -0.05) is 54.0 Å². The average Bonchev–Trinajstić information content (AvgIpc) is 3.46. The first kappa shape index (κ1) is 24.3. The van der Waals surface area contributed by atoms with Gasteiger partial charge < -0.3 is 19.4 Å². The van der Waals surface area contributed by atoms with Crippen molar-refractivity contribution < 1.29 is 32.4 Å². The first-order valence-corrected chi connectivity index (χ1v) is 11.2. The number of aliphatic hydroxyl groups is 1. The third kappa shape index (κ3) is 4.19. The Kier molecular flexibility index (Phi) is 6.22. The zero-order valence-corrected chi connectivity index (χ0v) is 19.5. The Morgan fingerprint density at radius 3 is 2.47 bits per heavy atom. The summed E-state index contributed by atoms with van der Waals surface area (Å²) in [5.41, 5.74) is -1.18. The predicted molar refractivity (Wildman–Crippen MR) is 117 cm³/mol. The van der Waals surface area contributed by atoms with Crippen LogP contribution in [0, 0.1) is 19.8 Å². The van der Waals surface area contributed by atoms with Gasteiger partial charge in [0.25, 0.3) is 5.60 Å². The molecule has 34 heavy (non-hydrogen) atoms. The highest BCUT2D eigenvalue weighted by Gasteiger charge is 2.63. The van der Waals surface area contributed by atoms with Gasteiger partial charge in [-0.25, -0.2) is 0 Å². The van der Waals surface area contributed by atoms with E-state index in [2.05, 4.69) is 10.3 Å². The number of hydrogen-bond donors (Lipinski definition) is 1. The van der Waals surface area contributed by atoms with Crippen molar-refractivity contribution in [3.8, 4) is 0 Å². The fourth-order valence-electron chi connectivity index (χ4n) is 4.75. The molecule has 4 rings (SSSR count). The van der Waals surface area contributed by atoms with Crippen molar-refractivity contribution in [1.82, 2.24) is 10.1 Å². The lowest BCUT2D eigenvalue weighted by Gasteiger charge is -2.31. The van der Waals surface area contributed by atoms with E-state index in [4.69, 9.17) is 9.36 Å². The van der Waals surface area contributed by atoms with Gasteiger partial charge in [0.05, 0.1) is 23.6 Å². The minimum absolute atomic E-state index is 0.0115. The topological polar surface area (TPSA) is 88.2 Å². The number of aromatic nitrogens is 1. The normalized spacial score (nSPS) is 26.0. The van der Waals surface area contributed by atoms with Crippen molar-refractivity contribution in [1.29, 1.82) is 0 Å². The highest BCUT2D eigenvalue weighted by atomic mass is 19.4. The lowest BCUT2D eigenvalue weighted by Crippen LogP contribution is -2.47. The van der Waals surface area contributed by atoms with E-state index in [0.717, 1.165) is 5.56 Å². The Balaban J connectivity index is 1.64. The van der Waals surface area contributed by atoms with Crippen LogP contribution >= 0.6 is 0 Å². The fraction of sp³-hybridized carbons (Fsp3) is 0.542. The summed E-state index contributed by atoms with van der Waals surface area (Å²) in [6, 6.07) is 6.80. The van der Waals surface area contributed by atoms with Gasteiger partial charge in [0.1, 0.15) is 11.7 Å². The van der Waals surface area contributed by atoms with Gasteiger partial charge in [0.15, 0.2) is 0 Å². The molecule has 1 fully saturated rings. The summed E-state index contributed by atoms with van der Waals surface area (Å²) in [5, 5.41) is 18.1. The molecule has 1 N–H and O–H groups in total. The molecule has 0 spiro atoms. The van der Waals surface area contributed by atoms with Gasteiger partial charge in [-0.05, 0) is 19.8 Å². The zero-order valence-electron chi connectivity index (χ0n) is 19.5. The predicted octanol–water partition coefficient (Wildman–Crippen LogP) is 4.23. The van der Waals surface area contributed by atoms with Crippen molar-refractivity contribution in [3.05, 3.63) is 52.9 Å². The number of oxime groups is 1. The summed E-state index contributed by atoms with van der Waals surface area (Å²) in [4.78, 5) is 20.1. The van der Waals surface area contributed by atoms with Crippen molar-refractivity contribution in [2.75, 3.05) is 6.54 Å². The third-order valence-corrected chi connectivity index (χ3v) is 6.56. The highest BCUT2D eigenvalue weighted by Crippen LogP contribution is 2.49. The number of benzene rings is 1. The van der Waals surface area contributed by atoms with Crippen LogP contribution in [0.1, 0.15) is 55.2 Å². The van der Waals surface area contributed by atoms with E-state index in [0.29, 0.717) is 11.5 Å². The Labute approximate surface area is 195 Å². The van der Waals surface area contributed by atoms with Crippen LogP contribution in [0.25, 0.3) is 0 Å². The van der Waals surface area contributed by atoms with E-state index < -0.39 is 36.3 Å². The van der Waals surface area contributed by atoms with E-state index >= 15 is 0 Å². The summed E-state index contributed by atoms with van der Waals surface area (Å²) in [7, 11) is 0. The maximum Gasteiger partial charge on any atom is 0.435 e. The number of halogens is 3. The summed E-state index contributed by atoms with van der Waals surface area (Å²) in [6.45, 7) is 7.21. The summed E-state index contributed by atoms with van der Waals surface area (Å²) < 4.78 is 48.3. The molecule has 1 saturated heterocycles. The number of β-amino-alcohol motifs (C(OH)–C–C–N with tert-alkyl or cyclic N) is 1. The second kappa shape index (κ2) is 8.72. The van der Waals surface area contributed by atoms with Crippen molar-refractivity contribution in [2.24, 2.45) is 11.1 Å². The molecule has 0 saturated carbocycles. The summed E-state index contributed by atoms with van der Waals surface area (Å²) in [6.07, 6.45) is -6.11. The molecule has 1 aromatic heterocycles. The number of amides is 1. The van der Waals surface area contributed by atoms with Gasteiger partial charge in [-0.15, -0.1) is 0 Å². The molecule has 2 aliphatic rings. The summed E-state index contributed by atoms with van der Waals surface area (Å²) >= 11 is 0. The smallest absolute Gasteiger partial charge is 0.391 e. The molecule has 2 aliphatic heterocycles. The second-order valence-corrected chi connectivity index (χ2v) is 9.53. The first-order chi connectivity index (χ1) is 15.9. The number of rotatable bonds is 5. The standard InChI is InChI=1S/C24H28F3N3O4/c1-13(2)21(20-9-15(4)28-33-20)22(32)30-12-17(31)10-19(30)18-11-23(34-29-18,24(25,26)27)16-7-5-14(3)6-8-16/h5-9,13,17,19,21,31H,10-12H2,1-4H3/t17-,19+,21-,23+/m1/s1. The van der Waals surface area contributed by atoms with Crippen LogP contribution in [-0.2, 0) is 15.2 Å². The second-order valence-electron chi connectivity index (χ2n) is 9.53. The molecule has 1 aromatic carbocycles. The van der Waals surface area contributed by atoms with Crippen LogP contribution in [-0.4, -0.2) is 51.6 Å². The fourth-order valence-corrected chi connectivity index (χ4v) is 4.75. The number of nitrogens with zero attached hydrogens (tertiary/aromatic N) is 3. The number of likely N-dealkylation sites (tertiary alicyclic amines) is 1. The van der Waals surface area contributed by atoms with Gasteiger partial charge in [0.2, 0.25) is 5.91 Å². The molecule has 184 valence electrons. The molecule has 2 aromatic rings. The van der Waals surface area contributed by atoms with Gasteiger partial charge >= 0.3 is 6.18 Å². The average molecular weight is 479 g/mol. The number of carbonyl (C=O) groups is 1. The maximum absolute atomic E-state index is 14.3. The largest absolute Gasteiger partial charge is 0.435 e. The van der Waals surface area contributed by atoms with E-state index in [1.165, 1.54) is 17.0 Å². The lowest BCUT2D eigenvalue weighted by atomic mass is 9.85. The van der Waals surface area contributed by atoms with Crippen molar-refractivity contribution in [3.63, 3.8) is 0 Å². The minimum atomic E-state index is -4.74. The van der Waals surface area contributed by atoms with Crippen molar-refractivity contribution in [2.45, 2.75) is 70.4 Å². The highest BCUT2D eigenvalue weighted by molar-refractivity contribution is 5.96. The first-order valence-electron chi connectivity index (χ1n) is 11.2. The molecule has 0 bridgehead atoms. The monoisotopic (exact) mass is 479 g/mol. The number of carbonyl (C=O) groups excluding carboxylic acids is 1. The number of aryl methyl sites for hydroxylation is 2. The quantitative estimate of drug-likeness (QED) is 0.694. The van der Waals surface area contributed by atoms with E-state index in [-0.39, 0.29) is 36.1 Å². The van der Waals surface area contributed by atoms with Crippen LogP contribution in [0.5, 0.6) is 0 Å². The SMILES string of the molecule is Cc1ccc([C@]2(C(F)(F)F)CC([C@@H]3C[C@@H](O)CN3C(=O)[C@@H](c3cc(C)no3)C(C)C)=NO2)cc1. The zero-order chi connectivity index (χ0) is 24.8. The minimum Gasteiger partial charge on any atom is -0.391 e. The Morgan fingerprint density at radius 1 is 1.24 bits per heavy atom. The number of hydrogen-bond acceptors (Lipinski definition) is 6. The lowest BCUT2D eigenvalue weighted by molar-refractivity contribution is -0.275. The third-order valence-electron chi connectivity index (χ3n) is 6.56. The molecule has 4 atom stereocenters. The van der Waals surface area contributed by atoms with Crippen molar-refractivity contribution >= 4 is 11.6 Å². The molecule has 1 amide bonds. The Hall–Kier alpha value is -2.88. The molecular formula is C24H28F3N3O4. The van der Waals surface area contributed by atoms with Crippen LogP contribution in [0.3, 0.4) is 0 Å². The Bertz CT molecular complexity index is 1080. The summed E-state index contributed by atoms with van der Waals surface area (Å²) in [5.74, 6) is -0.829.